The molecule has 1 N–H and O–H groups in total. The molecule has 3 rings (SSSR count). The first-order chi connectivity index (χ1) is 13.7. The van der Waals surface area contributed by atoms with E-state index in [-0.39, 0.29) is 5.91 Å². The number of nitrogens with one attached hydrogen (secondary N) is 1. The van der Waals surface area contributed by atoms with Gasteiger partial charge in [0.15, 0.2) is 0 Å². The number of benzene rings is 1. The summed E-state index contributed by atoms with van der Waals surface area (Å²) in [5, 5.41) is 3.09. The molecule has 0 aliphatic rings. The van der Waals surface area contributed by atoms with Crippen molar-refractivity contribution in [2.24, 2.45) is 0 Å². The lowest BCUT2D eigenvalue weighted by atomic mass is 10.1. The molecule has 0 saturated carbocycles. The first-order valence-corrected chi connectivity index (χ1v) is 10.1. The summed E-state index contributed by atoms with van der Waals surface area (Å²) >= 11 is 0. The van der Waals surface area contributed by atoms with Crippen molar-refractivity contribution < 1.29 is 9.53 Å². The molecule has 0 aliphatic carbocycles. The van der Waals surface area contributed by atoms with E-state index in [1.54, 1.807) is 7.11 Å². The predicted octanol–water partition coefficient (Wildman–Crippen LogP) is 5.70. The van der Waals surface area contributed by atoms with E-state index in [4.69, 9.17) is 9.72 Å². The van der Waals surface area contributed by atoms with E-state index in [1.165, 1.54) is 25.7 Å². The Labute approximate surface area is 166 Å². The standard InChI is InChI=1S/C23H29N3O2/c1-3-4-5-6-7-8-15-21(27)25-23-22(18-12-11-13-19(17-18)28-2)24-20-14-9-10-16-26(20)23/h9-14,16-17H,3-8,15H2,1-2H3,(H,25,27). The van der Waals surface area contributed by atoms with Crippen molar-refractivity contribution >= 4 is 17.4 Å². The fraction of sp³-hybridized carbons (Fsp3) is 0.391. The lowest BCUT2D eigenvalue weighted by molar-refractivity contribution is -0.116. The van der Waals surface area contributed by atoms with Crippen LogP contribution < -0.4 is 10.1 Å². The summed E-state index contributed by atoms with van der Waals surface area (Å²) in [4.78, 5) is 17.3. The van der Waals surface area contributed by atoms with Crippen LogP contribution in [-0.2, 0) is 4.79 Å². The van der Waals surface area contributed by atoms with Gasteiger partial charge in [-0.25, -0.2) is 4.98 Å². The Morgan fingerprint density at radius 1 is 1.07 bits per heavy atom. The molecule has 5 nitrogen and oxygen atoms in total. The Bertz CT molecular complexity index is 917. The molecule has 1 aromatic carbocycles. The molecule has 148 valence electrons. The van der Waals surface area contributed by atoms with E-state index < -0.39 is 0 Å². The van der Waals surface area contributed by atoms with Crippen molar-refractivity contribution in [3.8, 4) is 17.0 Å². The first kappa shape index (κ1) is 19.9. The van der Waals surface area contributed by atoms with Crippen LogP contribution in [0.25, 0.3) is 16.9 Å². The van der Waals surface area contributed by atoms with Gasteiger partial charge in [0.1, 0.15) is 22.9 Å². The van der Waals surface area contributed by atoms with Crippen LogP contribution in [0.1, 0.15) is 51.9 Å². The molecule has 3 aromatic rings. The Morgan fingerprint density at radius 2 is 1.89 bits per heavy atom. The summed E-state index contributed by atoms with van der Waals surface area (Å²) in [5.74, 6) is 1.50. The third-order valence-electron chi connectivity index (χ3n) is 4.89. The Morgan fingerprint density at radius 3 is 2.71 bits per heavy atom. The summed E-state index contributed by atoms with van der Waals surface area (Å²) in [6.45, 7) is 2.21. The molecule has 2 heterocycles. The number of aromatic nitrogens is 2. The van der Waals surface area contributed by atoms with Crippen molar-refractivity contribution in [2.75, 3.05) is 12.4 Å². The number of anilines is 1. The number of methoxy groups -OCH3 is 1. The average Bonchev–Trinajstić information content (AvgIpc) is 3.09. The second-order valence-corrected chi connectivity index (χ2v) is 7.04. The molecule has 0 saturated heterocycles. The van der Waals surface area contributed by atoms with Gasteiger partial charge in [-0.1, -0.05) is 57.2 Å². The van der Waals surface area contributed by atoms with Crippen LogP contribution >= 0.6 is 0 Å². The number of pyridine rings is 1. The Kier molecular flexibility index (Phi) is 7.06. The normalized spacial score (nSPS) is 10.9. The van der Waals surface area contributed by atoms with Crippen molar-refractivity contribution in [3.05, 3.63) is 48.7 Å². The maximum atomic E-state index is 12.6. The molecule has 28 heavy (non-hydrogen) atoms. The number of hydrogen-bond acceptors (Lipinski definition) is 3. The fourth-order valence-corrected chi connectivity index (χ4v) is 3.35. The highest BCUT2D eigenvalue weighted by atomic mass is 16.5. The quantitative estimate of drug-likeness (QED) is 0.460. The first-order valence-electron chi connectivity index (χ1n) is 10.1. The van der Waals surface area contributed by atoms with E-state index in [0.29, 0.717) is 12.2 Å². The van der Waals surface area contributed by atoms with Gasteiger partial charge >= 0.3 is 0 Å². The van der Waals surface area contributed by atoms with E-state index >= 15 is 0 Å². The van der Waals surface area contributed by atoms with Gasteiger partial charge in [0.25, 0.3) is 0 Å². The smallest absolute Gasteiger partial charge is 0.225 e. The molecule has 0 spiro atoms. The summed E-state index contributed by atoms with van der Waals surface area (Å²) in [6, 6.07) is 13.6. The summed E-state index contributed by atoms with van der Waals surface area (Å²) in [7, 11) is 1.64. The molecule has 0 radical (unpaired) electrons. The Hall–Kier alpha value is -2.82. The highest BCUT2D eigenvalue weighted by molar-refractivity contribution is 5.94. The fourth-order valence-electron chi connectivity index (χ4n) is 3.35. The number of nitrogens with zero attached hydrogens (tertiary/aromatic N) is 2. The van der Waals surface area contributed by atoms with Crippen molar-refractivity contribution in [3.63, 3.8) is 0 Å². The molecule has 0 aliphatic heterocycles. The molecule has 5 heteroatoms. The molecule has 0 bridgehead atoms. The summed E-state index contributed by atoms with van der Waals surface area (Å²) in [5.41, 5.74) is 2.47. The van der Waals surface area contributed by atoms with Gasteiger partial charge in [0, 0.05) is 18.2 Å². The SMILES string of the molecule is CCCCCCCCC(=O)Nc1c(-c2cccc(OC)c2)nc2ccccn12. The number of fused-ring (bicyclic) bond motifs is 1. The van der Waals surface area contributed by atoms with E-state index in [2.05, 4.69) is 12.2 Å². The van der Waals surface area contributed by atoms with Crippen molar-refractivity contribution in [1.29, 1.82) is 0 Å². The van der Waals surface area contributed by atoms with Crippen molar-refractivity contribution in [2.45, 2.75) is 51.9 Å². The lowest BCUT2D eigenvalue weighted by Gasteiger charge is -2.09. The number of hydrogen-bond donors (Lipinski definition) is 1. The maximum absolute atomic E-state index is 12.6. The number of imidazole rings is 1. The van der Waals surface area contributed by atoms with E-state index in [9.17, 15) is 4.79 Å². The van der Waals surface area contributed by atoms with E-state index in [1.807, 2.05) is 53.1 Å². The number of ether oxygens (including phenoxy) is 1. The van der Waals surface area contributed by atoms with Crippen LogP contribution in [0.15, 0.2) is 48.7 Å². The number of unbranched alkanes of at least 4 members (excludes halogenated alkanes) is 5. The molecule has 0 fully saturated rings. The van der Waals surface area contributed by atoms with Crippen LogP contribution in [-0.4, -0.2) is 22.4 Å². The van der Waals surface area contributed by atoms with Crippen LogP contribution in [0.3, 0.4) is 0 Å². The lowest BCUT2D eigenvalue weighted by Crippen LogP contribution is -2.13. The summed E-state index contributed by atoms with van der Waals surface area (Å²) < 4.78 is 7.27. The van der Waals surface area contributed by atoms with Gasteiger partial charge in [-0.3, -0.25) is 9.20 Å². The molecule has 2 aromatic heterocycles. The van der Waals surface area contributed by atoms with Gasteiger partial charge in [-0.2, -0.15) is 0 Å². The van der Waals surface area contributed by atoms with Crippen LogP contribution in [0.5, 0.6) is 5.75 Å². The highest BCUT2D eigenvalue weighted by Gasteiger charge is 2.16. The maximum Gasteiger partial charge on any atom is 0.225 e. The molecule has 0 unspecified atom stereocenters. The average molecular weight is 380 g/mol. The second-order valence-electron chi connectivity index (χ2n) is 7.04. The number of rotatable bonds is 10. The minimum atomic E-state index is 0.0327. The zero-order valence-electron chi connectivity index (χ0n) is 16.8. The third kappa shape index (κ3) is 4.91. The van der Waals surface area contributed by atoms with Crippen LogP contribution in [0.2, 0.25) is 0 Å². The van der Waals surface area contributed by atoms with E-state index in [0.717, 1.165) is 35.5 Å². The molecular formula is C23H29N3O2. The number of carbonyl (C=O) groups excluding carboxylic acids is 1. The molecule has 1 amide bonds. The molecular weight excluding hydrogens is 350 g/mol. The summed E-state index contributed by atoms with van der Waals surface area (Å²) in [6.07, 6.45) is 9.44. The van der Waals surface area contributed by atoms with Gasteiger partial charge in [-0.15, -0.1) is 0 Å². The predicted molar refractivity (Wildman–Crippen MR) is 114 cm³/mol. The van der Waals surface area contributed by atoms with Crippen LogP contribution in [0, 0.1) is 0 Å². The van der Waals surface area contributed by atoms with Gasteiger partial charge in [0.2, 0.25) is 5.91 Å². The molecule has 0 atom stereocenters. The number of carbonyl (C=O) groups is 1. The monoisotopic (exact) mass is 379 g/mol. The van der Waals surface area contributed by atoms with Gasteiger partial charge in [-0.05, 0) is 30.7 Å². The number of amides is 1. The second kappa shape index (κ2) is 9.93. The topological polar surface area (TPSA) is 55.6 Å². The highest BCUT2D eigenvalue weighted by Crippen LogP contribution is 2.31. The Balaban J connectivity index is 1.77. The largest absolute Gasteiger partial charge is 0.497 e. The zero-order chi connectivity index (χ0) is 19.8. The van der Waals surface area contributed by atoms with Gasteiger partial charge in [0.05, 0.1) is 7.11 Å². The van der Waals surface area contributed by atoms with Crippen LogP contribution in [0.4, 0.5) is 5.82 Å². The van der Waals surface area contributed by atoms with Crippen molar-refractivity contribution in [1.82, 2.24) is 9.38 Å². The third-order valence-corrected chi connectivity index (χ3v) is 4.89. The zero-order valence-corrected chi connectivity index (χ0v) is 16.8. The minimum absolute atomic E-state index is 0.0327. The minimum Gasteiger partial charge on any atom is -0.497 e. The van der Waals surface area contributed by atoms with Gasteiger partial charge < -0.3 is 10.1 Å².